The lowest BCUT2D eigenvalue weighted by Gasteiger charge is -2.55. The number of urea groups is 1. The Bertz CT molecular complexity index is 960. The van der Waals surface area contributed by atoms with Crippen LogP contribution < -0.4 is 5.32 Å². The summed E-state index contributed by atoms with van der Waals surface area (Å²) < 4.78 is 13.6. The normalized spacial score (nSPS) is 22.6. The first kappa shape index (κ1) is 19.4. The first-order valence-electron chi connectivity index (χ1n) is 9.87. The van der Waals surface area contributed by atoms with E-state index in [1.807, 2.05) is 30.0 Å². The number of hydrogen-bond donors (Lipinski definition) is 1. The fraction of sp³-hybridized carbons (Fsp3) is 0.409. The van der Waals surface area contributed by atoms with Crippen molar-refractivity contribution in [1.82, 2.24) is 14.8 Å². The molecule has 2 aliphatic rings. The van der Waals surface area contributed by atoms with Gasteiger partial charge in [0.05, 0.1) is 12.1 Å². The van der Waals surface area contributed by atoms with Crippen molar-refractivity contribution in [2.45, 2.75) is 38.3 Å². The first-order chi connectivity index (χ1) is 13.8. The van der Waals surface area contributed by atoms with Crippen LogP contribution in [0.5, 0.6) is 0 Å². The molecule has 0 spiro atoms. The number of amides is 3. The molecule has 2 bridgehead atoms. The van der Waals surface area contributed by atoms with Gasteiger partial charge in [-0.2, -0.15) is 0 Å². The summed E-state index contributed by atoms with van der Waals surface area (Å²) in [5.74, 6) is -0.448. The minimum absolute atomic E-state index is 0.0408. The number of carbonyl (C=O) groups excluding carboxylic acids is 2. The van der Waals surface area contributed by atoms with Gasteiger partial charge in [0, 0.05) is 43.6 Å². The molecular weight excluding hydrogens is 371 g/mol. The smallest absolute Gasteiger partial charge is 0.322 e. The SMILES string of the molecule is Cc1ccc(NC(=O)N2C3CCC(C(=O)N(C)C)C2C3)cc1-c1cncc(F)c1. The molecule has 29 heavy (non-hydrogen) atoms. The Morgan fingerprint density at radius 1 is 1.21 bits per heavy atom. The molecule has 4 rings (SSSR count). The van der Waals surface area contributed by atoms with Crippen LogP contribution in [0.25, 0.3) is 11.1 Å². The molecule has 1 aromatic heterocycles. The Hall–Kier alpha value is -2.96. The lowest BCUT2D eigenvalue weighted by Crippen LogP contribution is -2.67. The molecule has 2 aromatic rings. The quantitative estimate of drug-likeness (QED) is 0.861. The maximum Gasteiger partial charge on any atom is 0.322 e. The summed E-state index contributed by atoms with van der Waals surface area (Å²) in [7, 11) is 3.51. The Kier molecular flexibility index (Phi) is 4.98. The molecule has 1 N–H and O–H groups in total. The van der Waals surface area contributed by atoms with Crippen LogP contribution in [0.3, 0.4) is 0 Å². The lowest BCUT2D eigenvalue weighted by atomic mass is 9.72. The van der Waals surface area contributed by atoms with Gasteiger partial charge in [0.2, 0.25) is 5.91 Å². The summed E-state index contributed by atoms with van der Waals surface area (Å²) in [4.78, 5) is 32.7. The molecule has 3 atom stereocenters. The average molecular weight is 396 g/mol. The number of halogens is 1. The number of fused-ring (bicyclic) bond motifs is 2. The number of piperidine rings is 1. The molecule has 7 heteroatoms. The standard InChI is InChI=1S/C22H25FN4O2/c1-13-4-5-16(9-19(13)14-8-15(23)12-24-11-14)25-22(29)27-17-6-7-18(20(27)10-17)21(28)26(2)3/h4-5,8-9,11-12,17-18,20H,6-7,10H2,1-3H3,(H,25,29). The van der Waals surface area contributed by atoms with E-state index < -0.39 is 5.82 Å². The third kappa shape index (κ3) is 3.57. The van der Waals surface area contributed by atoms with Gasteiger partial charge < -0.3 is 15.1 Å². The van der Waals surface area contributed by atoms with Crippen molar-refractivity contribution >= 4 is 17.6 Å². The number of hydrogen-bond acceptors (Lipinski definition) is 3. The van der Waals surface area contributed by atoms with Crippen molar-refractivity contribution in [2.24, 2.45) is 5.92 Å². The second-order valence-corrected chi connectivity index (χ2v) is 8.13. The van der Waals surface area contributed by atoms with Crippen LogP contribution in [0, 0.1) is 18.7 Å². The van der Waals surface area contributed by atoms with E-state index in [1.165, 1.54) is 12.3 Å². The van der Waals surface area contributed by atoms with Crippen LogP contribution >= 0.6 is 0 Å². The highest BCUT2D eigenvalue weighted by molar-refractivity contribution is 5.92. The van der Waals surface area contributed by atoms with Gasteiger partial charge in [0.25, 0.3) is 0 Å². The van der Waals surface area contributed by atoms with E-state index >= 15 is 0 Å². The molecule has 0 saturated carbocycles. The third-order valence-corrected chi connectivity index (χ3v) is 6.04. The molecule has 152 valence electrons. The van der Waals surface area contributed by atoms with Gasteiger partial charge in [-0.25, -0.2) is 9.18 Å². The van der Waals surface area contributed by atoms with Crippen molar-refractivity contribution < 1.29 is 14.0 Å². The zero-order valence-electron chi connectivity index (χ0n) is 16.9. The van der Waals surface area contributed by atoms with Gasteiger partial charge in [-0.3, -0.25) is 9.78 Å². The van der Waals surface area contributed by atoms with Crippen LogP contribution in [0.2, 0.25) is 0 Å². The van der Waals surface area contributed by atoms with Gasteiger partial charge in [-0.05, 0) is 55.5 Å². The predicted octanol–water partition coefficient (Wildman–Crippen LogP) is 3.67. The van der Waals surface area contributed by atoms with Crippen molar-refractivity contribution in [3.05, 3.63) is 48.0 Å². The van der Waals surface area contributed by atoms with Crippen molar-refractivity contribution in [2.75, 3.05) is 19.4 Å². The van der Waals surface area contributed by atoms with E-state index in [1.54, 1.807) is 25.2 Å². The highest BCUT2D eigenvalue weighted by atomic mass is 19.1. The summed E-state index contributed by atoms with van der Waals surface area (Å²) in [5.41, 5.74) is 3.09. The van der Waals surface area contributed by atoms with Crippen LogP contribution in [-0.4, -0.2) is 52.9 Å². The van der Waals surface area contributed by atoms with Crippen LogP contribution in [0.1, 0.15) is 24.8 Å². The molecule has 0 radical (unpaired) electrons. The monoisotopic (exact) mass is 396 g/mol. The average Bonchev–Trinajstić information content (AvgIpc) is 2.68. The lowest BCUT2D eigenvalue weighted by molar-refractivity contribution is -0.142. The molecule has 6 nitrogen and oxygen atoms in total. The van der Waals surface area contributed by atoms with E-state index in [0.29, 0.717) is 11.3 Å². The van der Waals surface area contributed by atoms with Crippen LogP contribution in [0.4, 0.5) is 14.9 Å². The number of carbonyl (C=O) groups is 2. The minimum atomic E-state index is -0.402. The molecule has 0 aliphatic carbocycles. The second-order valence-electron chi connectivity index (χ2n) is 8.13. The third-order valence-electron chi connectivity index (χ3n) is 6.04. The molecular formula is C22H25FN4O2. The van der Waals surface area contributed by atoms with Gasteiger partial charge in [-0.15, -0.1) is 0 Å². The molecule has 3 heterocycles. The number of anilines is 1. The number of aryl methyl sites for hydroxylation is 1. The van der Waals surface area contributed by atoms with Crippen LogP contribution in [-0.2, 0) is 4.79 Å². The van der Waals surface area contributed by atoms with Gasteiger partial charge in [-0.1, -0.05) is 6.07 Å². The summed E-state index contributed by atoms with van der Waals surface area (Å²) in [6, 6.07) is 6.96. The topological polar surface area (TPSA) is 65.5 Å². The van der Waals surface area contributed by atoms with E-state index in [2.05, 4.69) is 10.3 Å². The van der Waals surface area contributed by atoms with Crippen LogP contribution in [0.15, 0.2) is 36.7 Å². The summed E-state index contributed by atoms with van der Waals surface area (Å²) in [5, 5.41) is 2.96. The summed E-state index contributed by atoms with van der Waals surface area (Å²) in [6.07, 6.45) is 5.33. The number of rotatable bonds is 3. The van der Waals surface area contributed by atoms with E-state index in [4.69, 9.17) is 0 Å². The number of benzene rings is 1. The molecule has 1 aromatic carbocycles. The zero-order chi connectivity index (χ0) is 20.7. The van der Waals surface area contributed by atoms with Crippen molar-refractivity contribution in [3.8, 4) is 11.1 Å². The first-order valence-corrected chi connectivity index (χ1v) is 9.87. The molecule has 3 amide bonds. The van der Waals surface area contributed by atoms with Gasteiger partial charge in [0.1, 0.15) is 5.82 Å². The maximum atomic E-state index is 13.6. The molecule has 2 fully saturated rings. The second kappa shape index (κ2) is 7.46. The van der Waals surface area contributed by atoms with Crippen molar-refractivity contribution in [3.63, 3.8) is 0 Å². The largest absolute Gasteiger partial charge is 0.349 e. The molecule has 2 aliphatic heterocycles. The Morgan fingerprint density at radius 3 is 2.69 bits per heavy atom. The predicted molar refractivity (Wildman–Crippen MR) is 109 cm³/mol. The van der Waals surface area contributed by atoms with Gasteiger partial charge >= 0.3 is 6.03 Å². The molecule has 3 unspecified atom stereocenters. The van der Waals surface area contributed by atoms with E-state index in [-0.39, 0.29) is 29.9 Å². The Labute approximate surface area is 169 Å². The van der Waals surface area contributed by atoms with Crippen molar-refractivity contribution in [1.29, 1.82) is 0 Å². The fourth-order valence-electron chi connectivity index (χ4n) is 4.51. The van der Waals surface area contributed by atoms with E-state index in [0.717, 1.165) is 30.4 Å². The van der Waals surface area contributed by atoms with E-state index in [9.17, 15) is 14.0 Å². The molecule has 2 saturated heterocycles. The number of nitrogens with zero attached hydrogens (tertiary/aromatic N) is 3. The maximum absolute atomic E-state index is 13.6. The number of aromatic nitrogens is 1. The van der Waals surface area contributed by atoms with Gasteiger partial charge in [0.15, 0.2) is 0 Å². The minimum Gasteiger partial charge on any atom is -0.349 e. The Balaban J connectivity index is 1.52. The highest BCUT2D eigenvalue weighted by Gasteiger charge is 2.52. The summed E-state index contributed by atoms with van der Waals surface area (Å²) in [6.45, 7) is 1.93. The summed E-state index contributed by atoms with van der Waals surface area (Å²) >= 11 is 0. The zero-order valence-corrected chi connectivity index (χ0v) is 16.9. The number of nitrogens with one attached hydrogen (secondary N) is 1. The number of pyridine rings is 1. The highest BCUT2D eigenvalue weighted by Crippen LogP contribution is 2.43. The fourth-order valence-corrected chi connectivity index (χ4v) is 4.51. The Morgan fingerprint density at radius 2 is 2.00 bits per heavy atom.